The standard InChI is InChI=1S/C16H13Br2NOS/c17-9-2-1-8(7-10(9)18)14-15-11(3-4-13(15)20)19-12-5-6-21-16(12)14/h1-2,7,14,19H,3-6H2. The first-order valence-electron chi connectivity index (χ1n) is 6.99. The number of hydrogen-bond acceptors (Lipinski definition) is 3. The second kappa shape index (κ2) is 5.28. The number of rotatable bonds is 1. The Kier molecular flexibility index (Phi) is 3.55. The quantitative estimate of drug-likeness (QED) is 0.694. The van der Waals surface area contributed by atoms with Gasteiger partial charge in [-0.05, 0) is 62.4 Å². The molecular formula is C16H13Br2NOS. The van der Waals surface area contributed by atoms with Crippen molar-refractivity contribution >= 4 is 49.4 Å². The maximum atomic E-state index is 12.4. The monoisotopic (exact) mass is 425 g/mol. The molecule has 1 N–H and O–H groups in total. The minimum atomic E-state index is 0.128. The van der Waals surface area contributed by atoms with Gasteiger partial charge in [-0.2, -0.15) is 0 Å². The first kappa shape index (κ1) is 14.1. The summed E-state index contributed by atoms with van der Waals surface area (Å²) >= 11 is 9.00. The average molecular weight is 427 g/mol. The van der Waals surface area contributed by atoms with Crippen molar-refractivity contribution in [3.63, 3.8) is 0 Å². The van der Waals surface area contributed by atoms with Gasteiger partial charge in [-0.15, -0.1) is 11.8 Å². The van der Waals surface area contributed by atoms with Crippen LogP contribution in [0.25, 0.3) is 0 Å². The molecule has 2 aliphatic heterocycles. The number of ketones is 1. The molecule has 1 aromatic carbocycles. The van der Waals surface area contributed by atoms with Gasteiger partial charge in [-0.1, -0.05) is 6.07 Å². The molecule has 0 bridgehead atoms. The highest BCUT2D eigenvalue weighted by molar-refractivity contribution is 9.13. The molecule has 0 radical (unpaired) electrons. The smallest absolute Gasteiger partial charge is 0.161 e. The van der Waals surface area contributed by atoms with Gasteiger partial charge in [0.05, 0.1) is 0 Å². The number of carbonyl (C=O) groups excluding carboxylic acids is 1. The van der Waals surface area contributed by atoms with Gasteiger partial charge in [0, 0.05) is 48.9 Å². The van der Waals surface area contributed by atoms with E-state index in [0.29, 0.717) is 12.2 Å². The van der Waals surface area contributed by atoms with Crippen LogP contribution in [0.2, 0.25) is 0 Å². The number of thioether (sulfide) groups is 1. The van der Waals surface area contributed by atoms with Crippen LogP contribution in [0.4, 0.5) is 0 Å². The Morgan fingerprint density at radius 2 is 1.95 bits per heavy atom. The summed E-state index contributed by atoms with van der Waals surface area (Å²) in [6.07, 6.45) is 2.60. The van der Waals surface area contributed by atoms with Crippen LogP contribution < -0.4 is 5.32 Å². The van der Waals surface area contributed by atoms with Crippen molar-refractivity contribution in [2.75, 3.05) is 5.75 Å². The fourth-order valence-corrected chi connectivity index (χ4v) is 5.24. The Morgan fingerprint density at radius 1 is 1.10 bits per heavy atom. The first-order valence-corrected chi connectivity index (χ1v) is 9.56. The zero-order valence-corrected chi connectivity index (χ0v) is 15.2. The molecule has 0 amide bonds. The number of Topliss-reactive ketones (excluding diaryl/α,β-unsaturated/α-hetero) is 1. The fourth-order valence-electron chi connectivity index (χ4n) is 3.32. The molecule has 1 unspecified atom stereocenters. The van der Waals surface area contributed by atoms with Crippen molar-refractivity contribution < 1.29 is 4.79 Å². The lowest BCUT2D eigenvalue weighted by Gasteiger charge is -2.27. The molecule has 1 atom stereocenters. The lowest BCUT2D eigenvalue weighted by Crippen LogP contribution is -2.23. The van der Waals surface area contributed by atoms with Crippen molar-refractivity contribution in [3.8, 4) is 0 Å². The van der Waals surface area contributed by atoms with Gasteiger partial charge in [-0.25, -0.2) is 0 Å². The van der Waals surface area contributed by atoms with E-state index in [-0.39, 0.29) is 5.92 Å². The maximum Gasteiger partial charge on any atom is 0.161 e. The third-order valence-corrected chi connectivity index (χ3v) is 7.35. The van der Waals surface area contributed by atoms with E-state index in [4.69, 9.17) is 0 Å². The summed E-state index contributed by atoms with van der Waals surface area (Å²) in [4.78, 5) is 13.7. The zero-order valence-electron chi connectivity index (χ0n) is 11.2. The van der Waals surface area contributed by atoms with Gasteiger partial charge in [0.15, 0.2) is 5.78 Å². The van der Waals surface area contributed by atoms with Gasteiger partial charge in [0.25, 0.3) is 0 Å². The largest absolute Gasteiger partial charge is 0.361 e. The average Bonchev–Trinajstić information content (AvgIpc) is 3.07. The van der Waals surface area contributed by atoms with Crippen LogP contribution in [-0.4, -0.2) is 11.5 Å². The van der Waals surface area contributed by atoms with Crippen LogP contribution >= 0.6 is 43.6 Å². The van der Waals surface area contributed by atoms with Gasteiger partial charge in [0.1, 0.15) is 0 Å². The minimum Gasteiger partial charge on any atom is -0.361 e. The number of benzene rings is 1. The molecular weight excluding hydrogens is 414 g/mol. The molecule has 1 aromatic rings. The lowest BCUT2D eigenvalue weighted by molar-refractivity contribution is -0.115. The van der Waals surface area contributed by atoms with E-state index in [9.17, 15) is 4.79 Å². The molecule has 0 spiro atoms. The van der Waals surface area contributed by atoms with Crippen molar-refractivity contribution in [2.24, 2.45) is 0 Å². The van der Waals surface area contributed by atoms with Gasteiger partial charge in [0.2, 0.25) is 0 Å². The Bertz CT molecular complexity index is 723. The van der Waals surface area contributed by atoms with Crippen LogP contribution in [-0.2, 0) is 4.79 Å². The number of halogens is 2. The van der Waals surface area contributed by atoms with Crippen LogP contribution in [0.15, 0.2) is 49.0 Å². The van der Waals surface area contributed by atoms with Crippen LogP contribution in [0, 0.1) is 0 Å². The van der Waals surface area contributed by atoms with Crippen LogP contribution in [0.1, 0.15) is 30.7 Å². The summed E-state index contributed by atoms with van der Waals surface area (Å²) in [5, 5.41) is 3.53. The molecule has 21 heavy (non-hydrogen) atoms. The van der Waals surface area contributed by atoms with E-state index >= 15 is 0 Å². The van der Waals surface area contributed by atoms with E-state index in [1.54, 1.807) is 0 Å². The third-order valence-electron chi connectivity index (χ3n) is 4.26. The predicted molar refractivity (Wildman–Crippen MR) is 93.1 cm³/mol. The van der Waals surface area contributed by atoms with E-state index < -0.39 is 0 Å². The van der Waals surface area contributed by atoms with Crippen molar-refractivity contribution in [3.05, 3.63) is 54.6 Å². The highest BCUT2D eigenvalue weighted by Crippen LogP contribution is 2.50. The minimum absolute atomic E-state index is 0.128. The summed E-state index contributed by atoms with van der Waals surface area (Å²) in [6.45, 7) is 0. The van der Waals surface area contributed by atoms with Crippen molar-refractivity contribution in [1.29, 1.82) is 0 Å². The SMILES string of the molecule is O=C1CCC2=C1C(c1ccc(Br)c(Br)c1)C1=C(CCS1)N2. The fraction of sp³-hybridized carbons (Fsp3) is 0.312. The molecule has 0 saturated heterocycles. The number of hydrogen-bond donors (Lipinski definition) is 1. The zero-order chi connectivity index (χ0) is 14.6. The highest BCUT2D eigenvalue weighted by Gasteiger charge is 2.39. The van der Waals surface area contributed by atoms with Crippen LogP contribution in [0.3, 0.4) is 0 Å². The molecule has 2 nitrogen and oxygen atoms in total. The first-order chi connectivity index (χ1) is 10.1. The molecule has 108 valence electrons. The summed E-state index contributed by atoms with van der Waals surface area (Å²) < 4.78 is 2.08. The Hall–Kier alpha value is -0.520. The normalized spacial score (nSPS) is 24.3. The summed E-state index contributed by atoms with van der Waals surface area (Å²) in [7, 11) is 0. The van der Waals surface area contributed by atoms with Gasteiger partial charge in [-0.3, -0.25) is 4.79 Å². The molecule has 4 rings (SSSR count). The highest BCUT2D eigenvalue weighted by atomic mass is 79.9. The number of dihydropyridines is 1. The number of nitrogens with one attached hydrogen (secondary N) is 1. The summed E-state index contributed by atoms with van der Waals surface area (Å²) in [5.41, 5.74) is 4.69. The Morgan fingerprint density at radius 3 is 2.76 bits per heavy atom. The van der Waals surface area contributed by atoms with E-state index in [1.165, 1.54) is 16.2 Å². The number of allylic oxidation sites excluding steroid dienone is 4. The lowest BCUT2D eigenvalue weighted by atomic mass is 9.86. The van der Waals surface area contributed by atoms with E-state index in [1.807, 2.05) is 11.8 Å². The number of carbonyl (C=O) groups is 1. The topological polar surface area (TPSA) is 29.1 Å². The van der Waals surface area contributed by atoms with Gasteiger partial charge < -0.3 is 5.32 Å². The van der Waals surface area contributed by atoms with Crippen molar-refractivity contribution in [2.45, 2.75) is 25.2 Å². The van der Waals surface area contributed by atoms with Gasteiger partial charge >= 0.3 is 0 Å². The van der Waals surface area contributed by atoms with E-state index in [0.717, 1.165) is 38.8 Å². The van der Waals surface area contributed by atoms with Crippen molar-refractivity contribution in [1.82, 2.24) is 5.32 Å². The Labute approximate surface area is 144 Å². The molecule has 3 aliphatic rings. The van der Waals surface area contributed by atoms with E-state index in [2.05, 4.69) is 55.4 Å². The molecule has 1 aliphatic carbocycles. The predicted octanol–water partition coefficient (Wildman–Crippen LogP) is 4.86. The molecule has 5 heteroatoms. The second-order valence-electron chi connectivity index (χ2n) is 5.49. The van der Waals surface area contributed by atoms with Crippen LogP contribution in [0.5, 0.6) is 0 Å². The third kappa shape index (κ3) is 2.25. The summed E-state index contributed by atoms with van der Waals surface area (Å²) in [5.74, 6) is 1.55. The second-order valence-corrected chi connectivity index (χ2v) is 8.33. The maximum absolute atomic E-state index is 12.4. The molecule has 2 heterocycles. The molecule has 0 aromatic heterocycles. The molecule has 0 saturated carbocycles. The Balaban J connectivity index is 1.87. The molecule has 0 fully saturated rings. The summed E-state index contributed by atoms with van der Waals surface area (Å²) in [6, 6.07) is 6.32.